The highest BCUT2D eigenvalue weighted by Gasteiger charge is 2.32. The van der Waals surface area contributed by atoms with Crippen molar-refractivity contribution in [1.82, 2.24) is 4.90 Å². The van der Waals surface area contributed by atoms with Gasteiger partial charge >= 0.3 is 0 Å². The molecule has 0 N–H and O–H groups in total. The second-order valence-electron chi connectivity index (χ2n) is 7.54. The Bertz CT molecular complexity index is 858. The minimum atomic E-state index is 0.0507. The quantitative estimate of drug-likeness (QED) is 0.509. The second-order valence-corrected chi connectivity index (χ2v) is 7.54. The molecule has 5 heteroatoms. The summed E-state index contributed by atoms with van der Waals surface area (Å²) in [5, 5.41) is 0. The van der Waals surface area contributed by atoms with Crippen molar-refractivity contribution in [3.8, 4) is 22.6 Å². The summed E-state index contributed by atoms with van der Waals surface area (Å²) in [4.78, 5) is 15.3. The average molecular weight is 395 g/mol. The topological polar surface area (TPSA) is 48.0 Å². The summed E-state index contributed by atoms with van der Waals surface area (Å²) in [6.07, 6.45) is 3.01. The lowest BCUT2D eigenvalue weighted by molar-refractivity contribution is 0.0358. The monoisotopic (exact) mass is 395 g/mol. The van der Waals surface area contributed by atoms with Gasteiger partial charge in [0.25, 0.3) is 0 Å². The summed E-state index contributed by atoms with van der Waals surface area (Å²) in [6.45, 7) is 8.01. The molecule has 0 bridgehead atoms. The summed E-state index contributed by atoms with van der Waals surface area (Å²) >= 11 is 0. The van der Waals surface area contributed by atoms with Gasteiger partial charge in [0.2, 0.25) is 0 Å². The Labute approximate surface area is 172 Å². The fourth-order valence-electron chi connectivity index (χ4n) is 3.96. The molecule has 0 amide bonds. The molecule has 0 saturated carbocycles. The van der Waals surface area contributed by atoms with Gasteiger partial charge in [-0.3, -0.25) is 9.69 Å². The van der Waals surface area contributed by atoms with Gasteiger partial charge in [-0.25, -0.2) is 0 Å². The summed E-state index contributed by atoms with van der Waals surface area (Å²) < 4.78 is 17.6. The molecular formula is C24H29NO4. The number of hydrogen-bond acceptors (Lipinski definition) is 5. The third-order valence-corrected chi connectivity index (χ3v) is 5.53. The highest BCUT2D eigenvalue weighted by Crippen LogP contribution is 2.47. The lowest BCUT2D eigenvalue weighted by Crippen LogP contribution is -2.37. The Kier molecular flexibility index (Phi) is 6.47. The number of rotatable bonds is 9. The summed E-state index contributed by atoms with van der Waals surface area (Å²) in [5.74, 6) is 1.59. The number of carbonyl (C=O) groups excluding carboxylic acids is 1. The number of carbonyl (C=O) groups is 1. The van der Waals surface area contributed by atoms with E-state index < -0.39 is 0 Å². The van der Waals surface area contributed by atoms with Crippen LogP contribution >= 0.6 is 0 Å². The van der Waals surface area contributed by atoms with Crippen LogP contribution in [0, 0.1) is 0 Å². The number of nitrogens with zero attached hydrogens (tertiary/aromatic N) is 1. The van der Waals surface area contributed by atoms with Crippen molar-refractivity contribution < 1.29 is 19.0 Å². The first-order valence-corrected chi connectivity index (χ1v) is 10.7. The summed E-state index contributed by atoms with van der Waals surface area (Å²) in [5.41, 5.74) is 3.17. The maximum Gasteiger partial charge on any atom is 0.194 e. The van der Waals surface area contributed by atoms with E-state index in [-0.39, 0.29) is 5.78 Å². The van der Waals surface area contributed by atoms with E-state index in [1.165, 1.54) is 0 Å². The highest BCUT2D eigenvalue weighted by atomic mass is 16.5. The first-order valence-electron chi connectivity index (χ1n) is 10.7. The number of ether oxygens (including phenoxy) is 3. The van der Waals surface area contributed by atoms with Crippen molar-refractivity contribution in [2.24, 2.45) is 0 Å². The largest absolute Gasteiger partial charge is 0.493 e. The van der Waals surface area contributed by atoms with E-state index in [0.717, 1.165) is 74.7 Å². The summed E-state index contributed by atoms with van der Waals surface area (Å²) in [7, 11) is 0. The Morgan fingerprint density at radius 3 is 2.07 bits per heavy atom. The Morgan fingerprint density at radius 2 is 1.48 bits per heavy atom. The number of morpholine rings is 1. The van der Waals surface area contributed by atoms with Crippen LogP contribution in [-0.4, -0.2) is 56.7 Å². The predicted octanol–water partition coefficient (Wildman–Crippen LogP) is 4.18. The second kappa shape index (κ2) is 9.42. The number of unbranched alkanes of at least 4 members (excludes halogenated alkanes) is 1. The molecule has 154 valence electrons. The first-order chi connectivity index (χ1) is 14.3. The molecule has 0 unspecified atom stereocenters. The van der Waals surface area contributed by atoms with Crippen molar-refractivity contribution in [1.29, 1.82) is 0 Å². The van der Waals surface area contributed by atoms with Crippen molar-refractivity contribution in [2.45, 2.75) is 26.2 Å². The molecule has 0 aromatic heterocycles. The van der Waals surface area contributed by atoms with Crippen LogP contribution in [0.3, 0.4) is 0 Å². The SMILES string of the molecule is CCCCOc1cccc2c1-c1c(OCCCN3CCOCC3)cccc1C2=O. The maximum atomic E-state index is 12.9. The van der Waals surface area contributed by atoms with Crippen LogP contribution in [0.1, 0.15) is 42.1 Å². The molecule has 2 aromatic carbocycles. The van der Waals surface area contributed by atoms with Crippen LogP contribution in [0.2, 0.25) is 0 Å². The van der Waals surface area contributed by atoms with Gasteiger partial charge in [0.1, 0.15) is 11.5 Å². The van der Waals surface area contributed by atoms with E-state index in [4.69, 9.17) is 14.2 Å². The molecule has 0 spiro atoms. The lowest BCUT2D eigenvalue weighted by atomic mass is 10.0. The molecule has 2 aliphatic rings. The van der Waals surface area contributed by atoms with E-state index in [1.807, 2.05) is 36.4 Å². The van der Waals surface area contributed by atoms with Crippen LogP contribution in [0.4, 0.5) is 0 Å². The molecule has 1 saturated heterocycles. The van der Waals surface area contributed by atoms with Gasteiger partial charge < -0.3 is 14.2 Å². The van der Waals surface area contributed by atoms with Gasteiger partial charge in [-0.1, -0.05) is 37.6 Å². The minimum Gasteiger partial charge on any atom is -0.493 e. The molecule has 1 heterocycles. The van der Waals surface area contributed by atoms with Gasteiger partial charge in [0.15, 0.2) is 5.78 Å². The Morgan fingerprint density at radius 1 is 0.897 bits per heavy atom. The Balaban J connectivity index is 1.51. The van der Waals surface area contributed by atoms with Crippen molar-refractivity contribution >= 4 is 5.78 Å². The fraction of sp³-hybridized carbons (Fsp3) is 0.458. The van der Waals surface area contributed by atoms with Crippen molar-refractivity contribution in [2.75, 3.05) is 46.1 Å². The zero-order valence-corrected chi connectivity index (χ0v) is 17.1. The number of fused-ring (bicyclic) bond motifs is 3. The Hall–Kier alpha value is -2.37. The van der Waals surface area contributed by atoms with Crippen molar-refractivity contribution in [3.05, 3.63) is 47.5 Å². The summed E-state index contributed by atoms with van der Waals surface area (Å²) in [6, 6.07) is 11.5. The van der Waals surface area contributed by atoms with Gasteiger partial charge in [-0.05, 0) is 25.0 Å². The fourth-order valence-corrected chi connectivity index (χ4v) is 3.96. The lowest BCUT2D eigenvalue weighted by Gasteiger charge is -2.26. The number of benzene rings is 2. The zero-order chi connectivity index (χ0) is 20.1. The van der Waals surface area contributed by atoms with Crippen LogP contribution in [0.15, 0.2) is 36.4 Å². The molecule has 29 heavy (non-hydrogen) atoms. The molecule has 1 aliphatic carbocycles. The molecule has 5 nitrogen and oxygen atoms in total. The molecule has 1 fully saturated rings. The maximum absolute atomic E-state index is 12.9. The van der Waals surface area contributed by atoms with Crippen LogP contribution in [-0.2, 0) is 4.74 Å². The molecule has 2 aromatic rings. The van der Waals surface area contributed by atoms with Crippen LogP contribution < -0.4 is 9.47 Å². The van der Waals surface area contributed by atoms with E-state index in [1.54, 1.807) is 0 Å². The average Bonchev–Trinajstić information content (AvgIpc) is 3.06. The van der Waals surface area contributed by atoms with E-state index >= 15 is 0 Å². The molecule has 0 radical (unpaired) electrons. The highest BCUT2D eigenvalue weighted by molar-refractivity contribution is 6.23. The standard InChI is InChI=1S/C24H29NO4/c1-2-3-14-28-20-9-4-7-18-22(20)23-19(24(18)26)8-5-10-21(23)29-15-6-11-25-12-16-27-17-13-25/h4-5,7-10H,2-3,6,11-17H2,1H3. The predicted molar refractivity (Wildman–Crippen MR) is 113 cm³/mol. The van der Waals surface area contributed by atoms with Gasteiger partial charge in [0, 0.05) is 41.9 Å². The zero-order valence-electron chi connectivity index (χ0n) is 17.1. The molecule has 1 aliphatic heterocycles. The molecule has 0 atom stereocenters. The number of ketones is 1. The van der Waals surface area contributed by atoms with Crippen LogP contribution in [0.5, 0.6) is 11.5 Å². The van der Waals surface area contributed by atoms with Gasteiger partial charge in [-0.15, -0.1) is 0 Å². The van der Waals surface area contributed by atoms with Gasteiger partial charge in [-0.2, -0.15) is 0 Å². The molecule has 4 rings (SSSR count). The van der Waals surface area contributed by atoms with Crippen LogP contribution in [0.25, 0.3) is 11.1 Å². The van der Waals surface area contributed by atoms with E-state index in [9.17, 15) is 4.79 Å². The smallest absolute Gasteiger partial charge is 0.194 e. The first kappa shape index (κ1) is 19.9. The minimum absolute atomic E-state index is 0.0507. The normalized spacial score (nSPS) is 15.8. The van der Waals surface area contributed by atoms with Crippen molar-refractivity contribution in [3.63, 3.8) is 0 Å². The molecular weight excluding hydrogens is 366 g/mol. The van der Waals surface area contributed by atoms with E-state index in [0.29, 0.717) is 24.3 Å². The van der Waals surface area contributed by atoms with Gasteiger partial charge in [0.05, 0.1) is 26.4 Å². The third-order valence-electron chi connectivity index (χ3n) is 5.53. The van der Waals surface area contributed by atoms with E-state index in [2.05, 4.69) is 11.8 Å². The number of hydrogen-bond donors (Lipinski definition) is 0. The third kappa shape index (κ3) is 4.31.